The molecule has 0 aliphatic carbocycles. The summed E-state index contributed by atoms with van der Waals surface area (Å²) < 4.78 is 5.74. The number of ether oxygens (including phenoxy) is 1. The van der Waals surface area contributed by atoms with Crippen LogP contribution in [-0.2, 0) is 0 Å². The smallest absolute Gasteiger partial charge is 0.142 e. The summed E-state index contributed by atoms with van der Waals surface area (Å²) in [6, 6.07) is 8.34. The molecular weight excluding hydrogens is 234 g/mol. The van der Waals surface area contributed by atoms with Gasteiger partial charge in [-0.25, -0.2) is 0 Å². The topological polar surface area (TPSA) is 12.5 Å². The van der Waals surface area contributed by atoms with Crippen molar-refractivity contribution in [2.45, 2.75) is 25.7 Å². The summed E-state index contributed by atoms with van der Waals surface area (Å²) in [5.74, 6) is 1.81. The SMILES string of the molecule is ClCCCCCN1CCCOc2ccccc21. The van der Waals surface area contributed by atoms with Crippen molar-refractivity contribution in [1.29, 1.82) is 0 Å². The molecule has 3 heteroatoms. The minimum atomic E-state index is 0.777. The molecule has 0 bridgehead atoms. The average molecular weight is 254 g/mol. The predicted molar refractivity (Wildman–Crippen MR) is 73.3 cm³/mol. The molecule has 1 aliphatic heterocycles. The minimum absolute atomic E-state index is 0.777. The molecule has 1 aromatic rings. The Bertz CT molecular complexity index is 343. The lowest BCUT2D eigenvalue weighted by Crippen LogP contribution is -2.25. The maximum absolute atomic E-state index is 5.74. The van der Waals surface area contributed by atoms with Crippen LogP contribution < -0.4 is 9.64 Å². The van der Waals surface area contributed by atoms with E-state index in [0.717, 1.165) is 44.2 Å². The zero-order chi connectivity index (χ0) is 11.9. The van der Waals surface area contributed by atoms with E-state index in [9.17, 15) is 0 Å². The van der Waals surface area contributed by atoms with E-state index in [1.807, 2.05) is 6.07 Å². The first-order valence-corrected chi connectivity index (χ1v) is 6.98. The third-order valence-electron chi connectivity index (χ3n) is 3.10. The monoisotopic (exact) mass is 253 g/mol. The maximum Gasteiger partial charge on any atom is 0.142 e. The van der Waals surface area contributed by atoms with E-state index in [1.54, 1.807) is 0 Å². The highest BCUT2D eigenvalue weighted by Crippen LogP contribution is 2.30. The van der Waals surface area contributed by atoms with Crippen LogP contribution in [0.25, 0.3) is 0 Å². The second-order valence-corrected chi connectivity index (χ2v) is 4.78. The van der Waals surface area contributed by atoms with Crippen LogP contribution in [0.1, 0.15) is 25.7 Å². The maximum atomic E-state index is 5.74. The lowest BCUT2D eigenvalue weighted by Gasteiger charge is -2.23. The zero-order valence-electron chi connectivity index (χ0n) is 10.2. The average Bonchev–Trinajstić information content (AvgIpc) is 2.57. The van der Waals surface area contributed by atoms with E-state index in [1.165, 1.54) is 18.5 Å². The molecule has 0 amide bonds. The number of hydrogen-bond donors (Lipinski definition) is 0. The molecule has 0 N–H and O–H groups in total. The van der Waals surface area contributed by atoms with Gasteiger partial charge < -0.3 is 9.64 Å². The molecule has 0 fully saturated rings. The Balaban J connectivity index is 1.97. The first-order chi connectivity index (χ1) is 8.42. The van der Waals surface area contributed by atoms with Crippen molar-refractivity contribution >= 4 is 17.3 Å². The highest BCUT2D eigenvalue weighted by atomic mass is 35.5. The molecule has 1 heterocycles. The molecule has 0 radical (unpaired) electrons. The summed E-state index contributed by atoms with van der Waals surface area (Å²) >= 11 is 5.70. The standard InChI is InChI=1S/C14H20ClNO/c15-9-4-1-5-10-16-11-6-12-17-14-8-3-2-7-13(14)16/h2-3,7-8H,1,4-6,9-12H2. The van der Waals surface area contributed by atoms with Gasteiger partial charge in [-0.1, -0.05) is 18.6 Å². The van der Waals surface area contributed by atoms with Crippen LogP contribution in [0.5, 0.6) is 5.75 Å². The second kappa shape index (κ2) is 6.75. The Kier molecular flexibility index (Phi) is 4.99. The normalized spacial score (nSPS) is 15.0. The van der Waals surface area contributed by atoms with Crippen molar-refractivity contribution < 1.29 is 4.74 Å². The van der Waals surface area contributed by atoms with Crippen LogP contribution >= 0.6 is 11.6 Å². The number of hydrogen-bond acceptors (Lipinski definition) is 2. The van der Waals surface area contributed by atoms with Gasteiger partial charge in [0, 0.05) is 19.0 Å². The Morgan fingerprint density at radius 2 is 2.06 bits per heavy atom. The minimum Gasteiger partial charge on any atom is -0.491 e. The number of nitrogens with zero attached hydrogens (tertiary/aromatic N) is 1. The van der Waals surface area contributed by atoms with E-state index >= 15 is 0 Å². The van der Waals surface area contributed by atoms with Gasteiger partial charge in [-0.3, -0.25) is 0 Å². The molecule has 2 rings (SSSR count). The van der Waals surface area contributed by atoms with Gasteiger partial charge >= 0.3 is 0 Å². The summed E-state index contributed by atoms with van der Waals surface area (Å²) in [7, 11) is 0. The van der Waals surface area contributed by atoms with Gasteiger partial charge in [0.25, 0.3) is 0 Å². The van der Waals surface area contributed by atoms with Crippen molar-refractivity contribution in [3.8, 4) is 5.75 Å². The molecular formula is C14H20ClNO. The third-order valence-corrected chi connectivity index (χ3v) is 3.36. The van der Waals surface area contributed by atoms with Crippen LogP contribution in [0.2, 0.25) is 0 Å². The van der Waals surface area contributed by atoms with Gasteiger partial charge in [0.2, 0.25) is 0 Å². The van der Waals surface area contributed by atoms with E-state index < -0.39 is 0 Å². The predicted octanol–water partition coefficient (Wildman–Crippen LogP) is 3.68. The van der Waals surface area contributed by atoms with Gasteiger partial charge in [0.05, 0.1) is 12.3 Å². The number of unbranched alkanes of at least 4 members (excludes halogenated alkanes) is 2. The van der Waals surface area contributed by atoms with E-state index in [-0.39, 0.29) is 0 Å². The van der Waals surface area contributed by atoms with Crippen molar-refractivity contribution in [1.82, 2.24) is 0 Å². The molecule has 0 unspecified atom stereocenters. The van der Waals surface area contributed by atoms with Gasteiger partial charge in [-0.05, 0) is 31.4 Å². The molecule has 0 saturated carbocycles. The van der Waals surface area contributed by atoms with Crippen LogP contribution in [0.3, 0.4) is 0 Å². The first-order valence-electron chi connectivity index (χ1n) is 6.44. The summed E-state index contributed by atoms with van der Waals surface area (Å²) in [5.41, 5.74) is 1.25. The lowest BCUT2D eigenvalue weighted by molar-refractivity contribution is 0.322. The summed E-state index contributed by atoms with van der Waals surface area (Å²) in [5, 5.41) is 0. The number of para-hydroxylation sites is 2. The Morgan fingerprint density at radius 1 is 1.18 bits per heavy atom. The lowest BCUT2D eigenvalue weighted by atomic mass is 10.2. The Labute approximate surface area is 109 Å². The number of fused-ring (bicyclic) bond motifs is 1. The summed E-state index contributed by atoms with van der Waals surface area (Å²) in [4.78, 5) is 2.44. The number of benzene rings is 1. The molecule has 1 aromatic carbocycles. The largest absolute Gasteiger partial charge is 0.491 e. The van der Waals surface area contributed by atoms with Crippen LogP contribution in [0, 0.1) is 0 Å². The van der Waals surface area contributed by atoms with Crippen molar-refractivity contribution in [2.75, 3.05) is 30.5 Å². The quantitative estimate of drug-likeness (QED) is 0.586. The fourth-order valence-electron chi connectivity index (χ4n) is 2.20. The number of rotatable bonds is 5. The number of halogens is 1. The Hall–Kier alpha value is -0.890. The number of alkyl halides is 1. The Morgan fingerprint density at radius 3 is 2.94 bits per heavy atom. The van der Waals surface area contributed by atoms with Gasteiger partial charge in [-0.15, -0.1) is 11.6 Å². The highest BCUT2D eigenvalue weighted by molar-refractivity contribution is 6.17. The first kappa shape index (κ1) is 12.6. The molecule has 94 valence electrons. The van der Waals surface area contributed by atoms with Crippen LogP contribution in [-0.4, -0.2) is 25.6 Å². The van der Waals surface area contributed by atoms with Crippen molar-refractivity contribution in [2.24, 2.45) is 0 Å². The summed E-state index contributed by atoms with van der Waals surface area (Å²) in [6.45, 7) is 3.03. The molecule has 2 nitrogen and oxygen atoms in total. The molecule has 1 aliphatic rings. The van der Waals surface area contributed by atoms with Crippen molar-refractivity contribution in [3.63, 3.8) is 0 Å². The fraction of sp³-hybridized carbons (Fsp3) is 0.571. The fourth-order valence-corrected chi connectivity index (χ4v) is 2.39. The van der Waals surface area contributed by atoms with Gasteiger partial charge in [-0.2, -0.15) is 0 Å². The van der Waals surface area contributed by atoms with Crippen LogP contribution in [0.4, 0.5) is 5.69 Å². The van der Waals surface area contributed by atoms with Crippen LogP contribution in [0.15, 0.2) is 24.3 Å². The molecule has 0 saturated heterocycles. The highest BCUT2D eigenvalue weighted by Gasteiger charge is 2.14. The summed E-state index contributed by atoms with van der Waals surface area (Å²) in [6.07, 6.45) is 4.64. The van der Waals surface area contributed by atoms with Gasteiger partial charge in [0.15, 0.2) is 0 Å². The van der Waals surface area contributed by atoms with Crippen molar-refractivity contribution in [3.05, 3.63) is 24.3 Å². The molecule has 0 atom stereocenters. The second-order valence-electron chi connectivity index (χ2n) is 4.41. The molecule has 0 aromatic heterocycles. The van der Waals surface area contributed by atoms with E-state index in [2.05, 4.69) is 23.1 Å². The van der Waals surface area contributed by atoms with E-state index in [0.29, 0.717) is 0 Å². The molecule has 17 heavy (non-hydrogen) atoms. The third kappa shape index (κ3) is 3.53. The zero-order valence-corrected chi connectivity index (χ0v) is 11.0. The molecule has 0 spiro atoms. The van der Waals surface area contributed by atoms with E-state index in [4.69, 9.17) is 16.3 Å². The van der Waals surface area contributed by atoms with Gasteiger partial charge in [0.1, 0.15) is 5.75 Å². The number of anilines is 1.